The van der Waals surface area contributed by atoms with Gasteiger partial charge < -0.3 is 15.0 Å². The van der Waals surface area contributed by atoms with Crippen LogP contribution in [0.2, 0.25) is 30.7 Å². The molecule has 1 aliphatic rings. The van der Waals surface area contributed by atoms with Crippen LogP contribution in [0.15, 0.2) is 48.7 Å². The molecule has 37 heavy (non-hydrogen) atoms. The third-order valence-corrected chi connectivity index (χ3v) is 9.76. The lowest BCUT2D eigenvalue weighted by atomic mass is 9.95. The first-order valence-electron chi connectivity index (χ1n) is 13.2. The molecule has 1 saturated carbocycles. The highest BCUT2D eigenvalue weighted by Crippen LogP contribution is 2.53. The van der Waals surface area contributed by atoms with Gasteiger partial charge in [-0.1, -0.05) is 68.5 Å². The Morgan fingerprint density at radius 1 is 1.27 bits per heavy atom. The highest BCUT2D eigenvalue weighted by atomic mass is 35.5. The second kappa shape index (κ2) is 11.3. The van der Waals surface area contributed by atoms with Crippen molar-refractivity contribution in [2.24, 2.45) is 5.92 Å². The van der Waals surface area contributed by atoms with Crippen LogP contribution in [-0.2, 0) is 28.1 Å². The summed E-state index contributed by atoms with van der Waals surface area (Å²) < 4.78 is 7.77. The van der Waals surface area contributed by atoms with Crippen LogP contribution in [0.3, 0.4) is 0 Å². The molecule has 3 atom stereocenters. The first-order valence-corrected chi connectivity index (χ1v) is 17.3. The molecule has 3 aromatic rings. The van der Waals surface area contributed by atoms with Gasteiger partial charge in [-0.3, -0.25) is 4.79 Å². The van der Waals surface area contributed by atoms with Gasteiger partial charge in [-0.15, -0.1) is 0 Å². The number of hydrogen-bond donors (Lipinski definition) is 1. The van der Waals surface area contributed by atoms with E-state index in [4.69, 9.17) is 16.3 Å². The summed E-state index contributed by atoms with van der Waals surface area (Å²) in [6.45, 7) is 11.0. The SMILES string of the molecule is CN(C)[C@H](CNC(=O)[C@@H]1C[C@]1(C)c1ccccc1)Cc1cc2cnn(COCC[Si](C)(C)C)c2cc1Cl. The molecule has 4 rings (SSSR count). The Labute approximate surface area is 227 Å². The molecule has 0 spiro atoms. The fraction of sp³-hybridized carbons (Fsp3) is 0.517. The molecule has 0 radical (unpaired) electrons. The minimum Gasteiger partial charge on any atom is -0.360 e. The van der Waals surface area contributed by atoms with Crippen molar-refractivity contribution in [3.8, 4) is 0 Å². The van der Waals surface area contributed by atoms with Crippen molar-refractivity contribution < 1.29 is 9.53 Å². The van der Waals surface area contributed by atoms with Crippen LogP contribution < -0.4 is 5.32 Å². The molecule has 1 aromatic heterocycles. The molecular weight excluding hydrogens is 500 g/mol. The third-order valence-electron chi connectivity index (χ3n) is 7.70. The van der Waals surface area contributed by atoms with E-state index in [2.05, 4.69) is 60.1 Å². The van der Waals surface area contributed by atoms with Crippen LogP contribution in [0, 0.1) is 5.92 Å². The van der Waals surface area contributed by atoms with Crippen molar-refractivity contribution in [3.63, 3.8) is 0 Å². The third kappa shape index (κ3) is 6.82. The fourth-order valence-electron chi connectivity index (χ4n) is 4.85. The van der Waals surface area contributed by atoms with Crippen molar-refractivity contribution in [2.75, 3.05) is 27.2 Å². The number of carbonyl (C=O) groups is 1. The van der Waals surface area contributed by atoms with E-state index in [1.165, 1.54) is 5.56 Å². The lowest BCUT2D eigenvalue weighted by Gasteiger charge is -2.25. The molecule has 1 aliphatic carbocycles. The molecule has 1 heterocycles. The second-order valence-corrected chi connectivity index (χ2v) is 18.1. The van der Waals surface area contributed by atoms with Crippen LogP contribution in [0.25, 0.3) is 10.9 Å². The van der Waals surface area contributed by atoms with Crippen LogP contribution in [-0.4, -0.2) is 62.0 Å². The van der Waals surface area contributed by atoms with Gasteiger partial charge in [0.2, 0.25) is 5.91 Å². The van der Waals surface area contributed by atoms with E-state index in [1.807, 2.05) is 49.2 Å². The fourth-order valence-corrected chi connectivity index (χ4v) is 5.85. The molecule has 1 fully saturated rings. The van der Waals surface area contributed by atoms with Gasteiger partial charge in [0.25, 0.3) is 0 Å². The summed E-state index contributed by atoms with van der Waals surface area (Å²) in [7, 11) is 2.97. The smallest absolute Gasteiger partial charge is 0.224 e. The Morgan fingerprint density at radius 2 is 2.00 bits per heavy atom. The topological polar surface area (TPSA) is 59.4 Å². The van der Waals surface area contributed by atoms with Gasteiger partial charge in [-0.05, 0) is 56.2 Å². The standard InChI is InChI=1S/C29H41ClN4O2Si/c1-29(23-10-8-7-9-11-23)17-25(29)28(35)31-19-24(33(2)3)15-21-14-22-18-32-34(27(22)16-26(21)30)20-36-12-13-37(4,5)6/h7-11,14,16,18,24-25H,12-13,15,17,19-20H2,1-6H3,(H,31,35)/t24-,25-,29+/m0/s1. The minimum absolute atomic E-state index is 0.0245. The van der Waals surface area contributed by atoms with Crippen molar-refractivity contribution in [1.29, 1.82) is 0 Å². The van der Waals surface area contributed by atoms with Gasteiger partial charge in [-0.2, -0.15) is 5.10 Å². The number of amides is 1. The van der Waals surface area contributed by atoms with E-state index in [9.17, 15) is 4.79 Å². The molecular formula is C29H41ClN4O2Si. The average molecular weight is 541 g/mol. The average Bonchev–Trinajstić information content (AvgIpc) is 3.41. The number of rotatable bonds is 12. The molecule has 0 bridgehead atoms. The van der Waals surface area contributed by atoms with Crippen molar-refractivity contribution in [3.05, 3.63) is 64.8 Å². The Morgan fingerprint density at radius 3 is 2.68 bits per heavy atom. The van der Waals surface area contributed by atoms with Gasteiger partial charge in [0.05, 0.1) is 11.7 Å². The summed E-state index contributed by atoms with van der Waals surface area (Å²) in [5, 5.41) is 9.51. The number of nitrogens with zero attached hydrogens (tertiary/aromatic N) is 3. The molecule has 2 aromatic carbocycles. The van der Waals surface area contributed by atoms with Crippen molar-refractivity contribution in [2.45, 2.75) is 63.6 Å². The molecule has 1 N–H and O–H groups in total. The number of nitrogens with one attached hydrogen (secondary N) is 1. The molecule has 0 unspecified atom stereocenters. The zero-order valence-corrected chi connectivity index (χ0v) is 24.8. The number of fused-ring (bicyclic) bond motifs is 1. The molecule has 0 aliphatic heterocycles. The number of aromatic nitrogens is 2. The van der Waals surface area contributed by atoms with E-state index in [0.717, 1.165) is 42.0 Å². The maximum atomic E-state index is 13.0. The normalized spacial score (nSPS) is 20.4. The minimum atomic E-state index is -1.12. The Kier molecular flexibility index (Phi) is 8.48. The van der Waals surface area contributed by atoms with E-state index >= 15 is 0 Å². The van der Waals surface area contributed by atoms with Crippen LogP contribution in [0.1, 0.15) is 24.5 Å². The maximum Gasteiger partial charge on any atom is 0.224 e. The number of halogens is 1. The Balaban J connectivity index is 1.36. The molecule has 1 amide bonds. The van der Waals surface area contributed by atoms with Gasteiger partial charge in [0.1, 0.15) is 6.73 Å². The number of likely N-dealkylation sites (N-methyl/N-ethyl adjacent to an activating group) is 1. The number of benzene rings is 2. The van der Waals surface area contributed by atoms with Gasteiger partial charge >= 0.3 is 0 Å². The number of carbonyl (C=O) groups excluding carboxylic acids is 1. The summed E-state index contributed by atoms with van der Waals surface area (Å²) in [5.41, 5.74) is 3.21. The Bertz CT molecular complexity index is 1220. The molecule has 6 nitrogen and oxygen atoms in total. The van der Waals surface area contributed by atoms with Gasteiger partial charge in [-0.25, -0.2) is 4.68 Å². The lowest BCUT2D eigenvalue weighted by molar-refractivity contribution is -0.122. The molecule has 0 saturated heterocycles. The predicted molar refractivity (Wildman–Crippen MR) is 155 cm³/mol. The quantitative estimate of drug-likeness (QED) is 0.241. The maximum absolute atomic E-state index is 13.0. The highest BCUT2D eigenvalue weighted by Gasteiger charge is 2.55. The van der Waals surface area contributed by atoms with Crippen molar-refractivity contribution >= 4 is 36.5 Å². The van der Waals surface area contributed by atoms with Gasteiger partial charge in [0.15, 0.2) is 0 Å². The zero-order chi connectivity index (χ0) is 26.8. The van der Waals surface area contributed by atoms with E-state index < -0.39 is 8.07 Å². The summed E-state index contributed by atoms with van der Waals surface area (Å²) in [5.74, 6) is 0.159. The Hall–Kier alpha value is -2.19. The van der Waals surface area contributed by atoms with E-state index in [-0.39, 0.29) is 23.3 Å². The zero-order valence-electron chi connectivity index (χ0n) is 23.1. The predicted octanol–water partition coefficient (Wildman–Crippen LogP) is 5.57. The largest absolute Gasteiger partial charge is 0.360 e. The van der Waals surface area contributed by atoms with Crippen LogP contribution in [0.5, 0.6) is 0 Å². The van der Waals surface area contributed by atoms with E-state index in [0.29, 0.717) is 18.3 Å². The van der Waals surface area contributed by atoms with Crippen LogP contribution >= 0.6 is 11.6 Å². The monoisotopic (exact) mass is 540 g/mol. The van der Waals surface area contributed by atoms with Gasteiger partial charge in [0, 0.05) is 49.0 Å². The lowest BCUT2D eigenvalue weighted by Crippen LogP contribution is -2.42. The summed E-state index contributed by atoms with van der Waals surface area (Å²) in [6.07, 6.45) is 3.51. The molecule has 200 valence electrons. The first kappa shape index (κ1) is 27.8. The molecule has 8 heteroatoms. The van der Waals surface area contributed by atoms with E-state index in [1.54, 1.807) is 0 Å². The second-order valence-electron chi connectivity index (χ2n) is 12.1. The summed E-state index contributed by atoms with van der Waals surface area (Å²) in [4.78, 5) is 15.2. The number of ether oxygens (including phenoxy) is 1. The first-order chi connectivity index (χ1) is 17.5. The highest BCUT2D eigenvalue weighted by molar-refractivity contribution is 6.76. The van der Waals surface area contributed by atoms with Crippen LogP contribution in [0.4, 0.5) is 0 Å². The van der Waals surface area contributed by atoms with Crippen molar-refractivity contribution in [1.82, 2.24) is 20.0 Å². The summed E-state index contributed by atoms with van der Waals surface area (Å²) in [6, 6.07) is 15.7. The number of hydrogen-bond acceptors (Lipinski definition) is 4. The summed E-state index contributed by atoms with van der Waals surface area (Å²) >= 11 is 6.75.